The van der Waals surface area contributed by atoms with Crippen LogP contribution < -0.4 is 0 Å². The summed E-state index contributed by atoms with van der Waals surface area (Å²) in [6.45, 7) is 0. The molecule has 0 N–H and O–H groups in total. The van der Waals surface area contributed by atoms with Crippen molar-refractivity contribution in [1.82, 2.24) is 14.8 Å². The molecule has 1 heterocycles. The predicted molar refractivity (Wildman–Crippen MR) is 130 cm³/mol. The van der Waals surface area contributed by atoms with Crippen molar-refractivity contribution >= 4 is 9.84 Å². The topological polar surface area (TPSA) is 64.8 Å². The fourth-order valence-corrected chi connectivity index (χ4v) is 5.20. The standard InChI is InChI=1S/C26H12F15N3O2S/c27-15-5-1-13(2-6-15)19-42-43-20(14-3-7-16(28)8-4-14)44(19)17-9-11-18(12-10-17)47(45,46)26(40,41)24(35,36)22(31,32)21(29,30)23(33,34)25(37,38)39/h1-12H. The highest BCUT2D eigenvalue weighted by atomic mass is 32.2. The van der Waals surface area contributed by atoms with Crippen LogP contribution in [0, 0.1) is 11.6 Å². The van der Waals surface area contributed by atoms with Crippen LogP contribution in [-0.2, 0) is 9.84 Å². The first kappa shape index (κ1) is 35.6. The van der Waals surface area contributed by atoms with Gasteiger partial charge in [0.2, 0.25) is 9.84 Å². The van der Waals surface area contributed by atoms with Crippen molar-refractivity contribution in [2.45, 2.75) is 40.0 Å². The predicted octanol–water partition coefficient (Wildman–Crippen LogP) is 8.35. The summed E-state index contributed by atoms with van der Waals surface area (Å²) in [6, 6.07) is 9.76. The fraction of sp³-hybridized carbons (Fsp3) is 0.231. The molecule has 0 aliphatic carbocycles. The summed E-state index contributed by atoms with van der Waals surface area (Å²) >= 11 is 0. The Hall–Kier alpha value is -4.30. The molecule has 0 bridgehead atoms. The Morgan fingerprint density at radius 3 is 1.21 bits per heavy atom. The lowest BCUT2D eigenvalue weighted by molar-refractivity contribution is -0.433. The van der Waals surface area contributed by atoms with Crippen molar-refractivity contribution in [3.63, 3.8) is 0 Å². The largest absolute Gasteiger partial charge is 0.460 e. The van der Waals surface area contributed by atoms with Gasteiger partial charge in [-0.25, -0.2) is 17.2 Å². The second kappa shape index (κ2) is 11.2. The molecule has 21 heteroatoms. The molecule has 0 amide bonds. The van der Waals surface area contributed by atoms with E-state index in [1.165, 1.54) is 24.3 Å². The molecule has 0 saturated heterocycles. The zero-order valence-corrected chi connectivity index (χ0v) is 23.0. The van der Waals surface area contributed by atoms with E-state index >= 15 is 0 Å². The first-order valence-corrected chi connectivity index (χ1v) is 13.6. The van der Waals surface area contributed by atoms with Crippen LogP contribution in [0.1, 0.15) is 0 Å². The normalized spacial score (nSPS) is 14.0. The molecule has 3 aromatic carbocycles. The molecule has 1 aromatic heterocycles. The quantitative estimate of drug-likeness (QED) is 0.164. The molecule has 0 unspecified atom stereocenters. The van der Waals surface area contributed by atoms with Gasteiger partial charge >= 0.3 is 35.1 Å². The molecule has 0 fully saturated rings. The van der Waals surface area contributed by atoms with Gasteiger partial charge in [-0.15, -0.1) is 10.2 Å². The van der Waals surface area contributed by atoms with E-state index in [0.717, 1.165) is 28.8 Å². The lowest BCUT2D eigenvalue weighted by atomic mass is 9.98. The monoisotopic (exact) mass is 715 g/mol. The highest BCUT2D eigenvalue weighted by molar-refractivity contribution is 7.92. The molecule has 5 nitrogen and oxygen atoms in total. The Balaban J connectivity index is 1.82. The number of sulfone groups is 1. The average Bonchev–Trinajstić information content (AvgIpc) is 3.42. The van der Waals surface area contributed by atoms with Crippen LogP contribution in [0.25, 0.3) is 28.5 Å². The Kier molecular flexibility index (Phi) is 8.44. The van der Waals surface area contributed by atoms with E-state index < -0.39 is 61.5 Å². The number of alkyl halides is 13. The highest BCUT2D eigenvalue weighted by Gasteiger charge is 2.92. The van der Waals surface area contributed by atoms with E-state index in [2.05, 4.69) is 10.2 Å². The van der Waals surface area contributed by atoms with Crippen LogP contribution in [0.15, 0.2) is 77.7 Å². The number of aromatic nitrogens is 3. The summed E-state index contributed by atoms with van der Waals surface area (Å²) < 4.78 is 229. The lowest BCUT2D eigenvalue weighted by Gasteiger charge is -2.39. The minimum atomic E-state index is -8.31. The molecule has 0 radical (unpaired) electrons. The number of hydrogen-bond acceptors (Lipinski definition) is 4. The van der Waals surface area contributed by atoms with Crippen LogP contribution in [-0.4, -0.2) is 58.3 Å². The molecule has 4 aromatic rings. The minimum absolute atomic E-state index is 0.0537. The first-order chi connectivity index (χ1) is 21.3. The summed E-state index contributed by atoms with van der Waals surface area (Å²) in [5.41, 5.74) is -0.104. The summed E-state index contributed by atoms with van der Waals surface area (Å²) in [7, 11) is -7.29. The summed E-state index contributed by atoms with van der Waals surface area (Å²) in [4.78, 5) is -2.01. The molecule has 0 spiro atoms. The first-order valence-electron chi connectivity index (χ1n) is 12.1. The Labute approximate surface area is 252 Å². The van der Waals surface area contributed by atoms with Crippen LogP contribution in [0.3, 0.4) is 0 Å². The van der Waals surface area contributed by atoms with Crippen molar-refractivity contribution in [3.05, 3.63) is 84.4 Å². The van der Waals surface area contributed by atoms with E-state index in [1.54, 1.807) is 0 Å². The molecular formula is C26H12F15N3O2S. The third kappa shape index (κ3) is 5.36. The van der Waals surface area contributed by atoms with Gasteiger partial charge in [0.15, 0.2) is 11.6 Å². The molecule has 0 aliphatic heterocycles. The van der Waals surface area contributed by atoms with Crippen molar-refractivity contribution in [2.24, 2.45) is 0 Å². The molecule has 254 valence electrons. The van der Waals surface area contributed by atoms with Gasteiger partial charge < -0.3 is 0 Å². The number of benzene rings is 3. The van der Waals surface area contributed by atoms with Crippen LogP contribution in [0.2, 0.25) is 0 Å². The van der Waals surface area contributed by atoms with E-state index in [0.29, 0.717) is 12.1 Å². The van der Waals surface area contributed by atoms with Gasteiger partial charge in [-0.1, -0.05) is 0 Å². The summed E-state index contributed by atoms with van der Waals surface area (Å²) in [5, 5.41) is 0.344. The van der Waals surface area contributed by atoms with Gasteiger partial charge in [-0.05, 0) is 72.8 Å². The number of nitrogens with zero attached hydrogens (tertiary/aromatic N) is 3. The SMILES string of the molecule is O=S(=O)(c1ccc(-n2c(-c3ccc(F)cc3)nnc2-c2ccc(F)cc2)cc1)C(F)(F)C(F)(F)C(F)(F)C(F)(F)C(F)(F)C(F)(F)F. The average molecular weight is 715 g/mol. The number of rotatable bonds is 9. The minimum Gasteiger partial charge on any atom is -0.275 e. The Bertz CT molecular complexity index is 1810. The van der Waals surface area contributed by atoms with Crippen LogP contribution in [0.5, 0.6) is 0 Å². The van der Waals surface area contributed by atoms with Gasteiger partial charge in [-0.3, -0.25) is 4.57 Å². The summed E-state index contributed by atoms with van der Waals surface area (Å²) in [5.74, 6) is -34.5. The van der Waals surface area contributed by atoms with Crippen molar-refractivity contribution < 1.29 is 74.3 Å². The van der Waals surface area contributed by atoms with Gasteiger partial charge in [-0.2, -0.15) is 57.1 Å². The van der Waals surface area contributed by atoms with Crippen molar-refractivity contribution in [1.29, 1.82) is 0 Å². The number of halogens is 15. The van der Waals surface area contributed by atoms with E-state index in [4.69, 9.17) is 0 Å². The Morgan fingerprint density at radius 1 is 0.489 bits per heavy atom. The third-order valence-corrected chi connectivity index (χ3v) is 8.34. The fourth-order valence-electron chi connectivity index (χ4n) is 3.95. The van der Waals surface area contributed by atoms with Crippen molar-refractivity contribution in [2.75, 3.05) is 0 Å². The maximum atomic E-state index is 14.6. The molecule has 4 rings (SSSR count). The second-order valence-electron chi connectivity index (χ2n) is 9.51. The highest BCUT2D eigenvalue weighted by Crippen LogP contribution is 2.61. The van der Waals surface area contributed by atoms with E-state index in [1.807, 2.05) is 0 Å². The zero-order chi connectivity index (χ0) is 35.6. The van der Waals surface area contributed by atoms with Gasteiger partial charge in [0.05, 0.1) is 4.90 Å². The molecule has 0 aliphatic rings. The summed E-state index contributed by atoms with van der Waals surface area (Å²) in [6.07, 6.45) is -7.66. The molecule has 0 saturated carbocycles. The van der Waals surface area contributed by atoms with Gasteiger partial charge in [0.1, 0.15) is 11.6 Å². The lowest BCUT2D eigenvalue weighted by Crippen LogP contribution is -2.71. The van der Waals surface area contributed by atoms with Crippen molar-refractivity contribution in [3.8, 4) is 28.5 Å². The smallest absolute Gasteiger partial charge is 0.275 e. The zero-order valence-electron chi connectivity index (χ0n) is 22.2. The second-order valence-corrected chi connectivity index (χ2v) is 11.5. The van der Waals surface area contributed by atoms with E-state index in [-0.39, 0.29) is 40.6 Å². The molecule has 0 atom stereocenters. The van der Waals surface area contributed by atoms with E-state index in [9.17, 15) is 74.3 Å². The molecule has 47 heavy (non-hydrogen) atoms. The molecular weight excluding hydrogens is 703 g/mol. The van der Waals surface area contributed by atoms with Gasteiger partial charge in [0.25, 0.3) is 0 Å². The third-order valence-electron chi connectivity index (χ3n) is 6.52. The maximum Gasteiger partial charge on any atom is 0.460 e. The van der Waals surface area contributed by atoms with Crippen LogP contribution >= 0.6 is 0 Å². The Morgan fingerprint density at radius 2 is 0.851 bits per heavy atom. The van der Waals surface area contributed by atoms with Gasteiger partial charge in [0, 0.05) is 16.8 Å². The van der Waals surface area contributed by atoms with Crippen LogP contribution in [0.4, 0.5) is 65.9 Å². The number of hydrogen-bond donors (Lipinski definition) is 0. The maximum absolute atomic E-state index is 14.6.